The van der Waals surface area contributed by atoms with Crippen LogP contribution in [0.1, 0.15) is 36.0 Å². The molecule has 1 aromatic heterocycles. The predicted octanol–water partition coefficient (Wildman–Crippen LogP) is 4.88. The fraction of sp³-hybridized carbons (Fsp3) is 0.400. The standard InChI is InChI=1S/C15H18O2S2/c1-9(2)10(3)18-8-12-11-6-4-5-7-13(11)19-14(12)15(16)17/h4-7,9-10H,8H2,1-3H3,(H,16,17). The number of thioether (sulfide) groups is 1. The molecule has 0 aliphatic rings. The number of carbonyl (C=O) groups is 1. The topological polar surface area (TPSA) is 37.3 Å². The van der Waals surface area contributed by atoms with Crippen molar-refractivity contribution in [3.8, 4) is 0 Å². The highest BCUT2D eigenvalue weighted by Crippen LogP contribution is 2.35. The maximum Gasteiger partial charge on any atom is 0.346 e. The molecule has 0 radical (unpaired) electrons. The Morgan fingerprint density at radius 1 is 1.32 bits per heavy atom. The number of hydrogen-bond acceptors (Lipinski definition) is 3. The molecule has 0 bridgehead atoms. The van der Waals surface area contributed by atoms with Gasteiger partial charge in [0, 0.05) is 15.7 Å². The van der Waals surface area contributed by atoms with Crippen LogP contribution >= 0.6 is 23.1 Å². The second-order valence-corrected chi connectivity index (χ2v) is 7.39. The van der Waals surface area contributed by atoms with Gasteiger partial charge in [-0.1, -0.05) is 39.0 Å². The van der Waals surface area contributed by atoms with Crippen LogP contribution in [0.2, 0.25) is 0 Å². The van der Waals surface area contributed by atoms with E-state index in [0.717, 1.165) is 21.4 Å². The summed E-state index contributed by atoms with van der Waals surface area (Å²) in [6.45, 7) is 6.59. The molecule has 0 fully saturated rings. The van der Waals surface area contributed by atoms with Crippen molar-refractivity contribution in [1.82, 2.24) is 0 Å². The molecule has 1 atom stereocenters. The van der Waals surface area contributed by atoms with E-state index in [4.69, 9.17) is 0 Å². The van der Waals surface area contributed by atoms with E-state index >= 15 is 0 Å². The lowest BCUT2D eigenvalue weighted by Gasteiger charge is -2.14. The van der Waals surface area contributed by atoms with E-state index in [1.807, 2.05) is 36.0 Å². The van der Waals surface area contributed by atoms with Gasteiger partial charge in [-0.2, -0.15) is 11.8 Å². The summed E-state index contributed by atoms with van der Waals surface area (Å²) in [6, 6.07) is 7.94. The Hall–Kier alpha value is -1.00. The third-order valence-corrected chi connectivity index (χ3v) is 6.05. The molecule has 0 amide bonds. The molecule has 0 aliphatic carbocycles. The summed E-state index contributed by atoms with van der Waals surface area (Å²) in [5.41, 5.74) is 0.977. The molecule has 0 saturated carbocycles. The molecule has 19 heavy (non-hydrogen) atoms. The Labute approximate surface area is 121 Å². The van der Waals surface area contributed by atoms with Crippen LogP contribution in [0.4, 0.5) is 0 Å². The lowest BCUT2D eigenvalue weighted by atomic mass is 10.1. The lowest BCUT2D eigenvalue weighted by Crippen LogP contribution is -2.06. The smallest absolute Gasteiger partial charge is 0.346 e. The zero-order valence-electron chi connectivity index (χ0n) is 11.3. The highest BCUT2D eigenvalue weighted by atomic mass is 32.2. The molecule has 2 aromatic rings. The summed E-state index contributed by atoms with van der Waals surface area (Å²) in [5.74, 6) is 0.558. The highest BCUT2D eigenvalue weighted by Gasteiger charge is 2.18. The Kier molecular flexibility index (Phi) is 4.53. The van der Waals surface area contributed by atoms with Crippen LogP contribution in [-0.2, 0) is 5.75 Å². The number of carboxylic acids is 1. The van der Waals surface area contributed by atoms with E-state index in [1.165, 1.54) is 11.3 Å². The molecule has 1 aromatic carbocycles. The minimum atomic E-state index is -0.811. The van der Waals surface area contributed by atoms with Gasteiger partial charge >= 0.3 is 5.97 Å². The van der Waals surface area contributed by atoms with Crippen LogP contribution in [0, 0.1) is 5.92 Å². The van der Waals surface area contributed by atoms with Gasteiger partial charge in [-0.25, -0.2) is 4.79 Å². The third kappa shape index (κ3) is 3.12. The summed E-state index contributed by atoms with van der Waals surface area (Å²) in [5, 5.41) is 11.0. The quantitative estimate of drug-likeness (QED) is 0.854. The first-order valence-corrected chi connectivity index (χ1v) is 8.22. The molecule has 1 N–H and O–H groups in total. The van der Waals surface area contributed by atoms with Gasteiger partial charge in [0.05, 0.1) is 0 Å². The van der Waals surface area contributed by atoms with Gasteiger partial charge in [-0.15, -0.1) is 11.3 Å². The van der Waals surface area contributed by atoms with Gasteiger partial charge in [0.15, 0.2) is 0 Å². The van der Waals surface area contributed by atoms with E-state index < -0.39 is 5.97 Å². The maximum absolute atomic E-state index is 11.4. The number of hydrogen-bond donors (Lipinski definition) is 1. The Bertz CT molecular complexity index is 587. The number of rotatable bonds is 5. The van der Waals surface area contributed by atoms with Crippen molar-refractivity contribution in [2.45, 2.75) is 31.8 Å². The molecule has 2 rings (SSSR count). The highest BCUT2D eigenvalue weighted by molar-refractivity contribution is 7.99. The average molecular weight is 294 g/mol. The van der Waals surface area contributed by atoms with E-state index in [-0.39, 0.29) is 0 Å². The summed E-state index contributed by atoms with van der Waals surface area (Å²) in [7, 11) is 0. The molecule has 1 unspecified atom stereocenters. The van der Waals surface area contributed by atoms with Gasteiger partial charge in [-0.3, -0.25) is 0 Å². The minimum absolute atomic E-state index is 0.490. The molecule has 1 heterocycles. The normalized spacial score (nSPS) is 13.1. The van der Waals surface area contributed by atoms with Crippen molar-refractivity contribution in [2.75, 3.05) is 0 Å². The fourth-order valence-corrected chi connectivity index (χ4v) is 4.09. The zero-order valence-corrected chi connectivity index (χ0v) is 13.0. The molecule has 0 saturated heterocycles. The molecule has 102 valence electrons. The number of carboxylic acid groups (broad SMARTS) is 1. The zero-order chi connectivity index (χ0) is 14.0. The SMILES string of the molecule is CC(C)C(C)SCc1c(C(=O)O)sc2ccccc12. The van der Waals surface area contributed by atoms with Crippen LogP contribution in [-0.4, -0.2) is 16.3 Å². The Balaban J connectivity index is 2.34. The van der Waals surface area contributed by atoms with Crippen molar-refractivity contribution < 1.29 is 9.90 Å². The van der Waals surface area contributed by atoms with Crippen molar-refractivity contribution in [3.05, 3.63) is 34.7 Å². The molecule has 0 spiro atoms. The van der Waals surface area contributed by atoms with Crippen molar-refractivity contribution in [1.29, 1.82) is 0 Å². The van der Waals surface area contributed by atoms with E-state index in [2.05, 4.69) is 20.8 Å². The van der Waals surface area contributed by atoms with Gasteiger partial charge in [0.1, 0.15) is 4.88 Å². The monoisotopic (exact) mass is 294 g/mol. The number of benzene rings is 1. The van der Waals surface area contributed by atoms with Crippen LogP contribution < -0.4 is 0 Å². The van der Waals surface area contributed by atoms with Gasteiger partial charge in [0.2, 0.25) is 0 Å². The lowest BCUT2D eigenvalue weighted by molar-refractivity contribution is 0.0701. The fourth-order valence-electron chi connectivity index (χ4n) is 1.82. The molecular formula is C15H18O2S2. The van der Waals surface area contributed by atoms with Crippen LogP contribution in [0.5, 0.6) is 0 Å². The largest absolute Gasteiger partial charge is 0.477 e. The molecule has 2 nitrogen and oxygen atoms in total. The first kappa shape index (κ1) is 14.4. The summed E-state index contributed by atoms with van der Waals surface area (Å²) in [6.07, 6.45) is 0. The summed E-state index contributed by atoms with van der Waals surface area (Å²) >= 11 is 3.21. The Morgan fingerprint density at radius 2 is 2.00 bits per heavy atom. The molecule has 0 aliphatic heterocycles. The van der Waals surface area contributed by atoms with Gasteiger partial charge < -0.3 is 5.11 Å². The van der Waals surface area contributed by atoms with Crippen molar-refractivity contribution in [2.24, 2.45) is 5.92 Å². The van der Waals surface area contributed by atoms with Crippen LogP contribution in [0.25, 0.3) is 10.1 Å². The average Bonchev–Trinajstić information content (AvgIpc) is 2.74. The Morgan fingerprint density at radius 3 is 2.63 bits per heavy atom. The number of aromatic carboxylic acids is 1. The third-order valence-electron chi connectivity index (χ3n) is 3.32. The summed E-state index contributed by atoms with van der Waals surface area (Å²) < 4.78 is 1.06. The van der Waals surface area contributed by atoms with E-state index in [0.29, 0.717) is 16.0 Å². The van der Waals surface area contributed by atoms with Crippen LogP contribution in [0.15, 0.2) is 24.3 Å². The summed E-state index contributed by atoms with van der Waals surface area (Å²) in [4.78, 5) is 11.9. The van der Waals surface area contributed by atoms with Gasteiger partial charge in [-0.05, 0) is 22.9 Å². The first-order valence-electron chi connectivity index (χ1n) is 6.36. The predicted molar refractivity (Wildman–Crippen MR) is 84.4 cm³/mol. The van der Waals surface area contributed by atoms with Crippen molar-refractivity contribution >= 4 is 39.2 Å². The number of thiophene rings is 1. The van der Waals surface area contributed by atoms with Crippen LogP contribution in [0.3, 0.4) is 0 Å². The van der Waals surface area contributed by atoms with Crippen molar-refractivity contribution in [3.63, 3.8) is 0 Å². The molecule has 4 heteroatoms. The van der Waals surface area contributed by atoms with E-state index in [1.54, 1.807) is 0 Å². The minimum Gasteiger partial charge on any atom is -0.477 e. The molecular weight excluding hydrogens is 276 g/mol. The second kappa shape index (κ2) is 5.97. The first-order chi connectivity index (χ1) is 9.00. The number of fused-ring (bicyclic) bond motifs is 1. The van der Waals surface area contributed by atoms with E-state index in [9.17, 15) is 9.90 Å². The van der Waals surface area contributed by atoms with Gasteiger partial charge in [0.25, 0.3) is 0 Å². The maximum atomic E-state index is 11.4. The second-order valence-electron chi connectivity index (χ2n) is 4.97.